The van der Waals surface area contributed by atoms with Gasteiger partial charge in [-0.3, -0.25) is 19.3 Å². The molecule has 1 saturated carbocycles. The average molecular weight is 400 g/mol. The monoisotopic (exact) mass is 400 g/mol. The molecule has 5 amide bonds. The maximum Gasteiger partial charge on any atom is 0.325 e. The highest BCUT2D eigenvalue weighted by atomic mass is 16.2. The number of hydrogen-bond acceptors (Lipinski definition) is 4. The summed E-state index contributed by atoms with van der Waals surface area (Å²) in [6.45, 7) is 3.90. The first kappa shape index (κ1) is 20.8. The van der Waals surface area contributed by atoms with Gasteiger partial charge in [0.2, 0.25) is 5.91 Å². The first-order valence-corrected chi connectivity index (χ1v) is 10.2. The number of para-hydroxylation sites is 1. The molecule has 1 spiro atoms. The van der Waals surface area contributed by atoms with E-state index in [4.69, 9.17) is 0 Å². The number of amides is 5. The van der Waals surface area contributed by atoms with E-state index in [0.717, 1.165) is 24.2 Å². The first-order valence-electron chi connectivity index (χ1n) is 10.2. The summed E-state index contributed by atoms with van der Waals surface area (Å²) in [4.78, 5) is 50.9. The summed E-state index contributed by atoms with van der Waals surface area (Å²) >= 11 is 0. The van der Waals surface area contributed by atoms with Gasteiger partial charge < -0.3 is 16.0 Å². The average Bonchev–Trinajstić information content (AvgIpc) is 3.26. The largest absolute Gasteiger partial charge is 0.350 e. The number of imide groups is 1. The molecule has 1 aliphatic heterocycles. The number of benzene rings is 1. The van der Waals surface area contributed by atoms with E-state index in [1.54, 1.807) is 24.3 Å². The van der Waals surface area contributed by atoms with Gasteiger partial charge in [-0.15, -0.1) is 0 Å². The fourth-order valence-corrected chi connectivity index (χ4v) is 3.82. The molecule has 0 radical (unpaired) electrons. The number of carbonyl (C=O) groups excluding carboxylic acids is 4. The molecule has 29 heavy (non-hydrogen) atoms. The normalized spacial score (nSPS) is 18.6. The highest BCUT2D eigenvalue weighted by Crippen LogP contribution is 2.35. The summed E-state index contributed by atoms with van der Waals surface area (Å²) in [6.07, 6.45) is 3.90. The number of rotatable bonds is 7. The van der Waals surface area contributed by atoms with Crippen molar-refractivity contribution in [3.8, 4) is 0 Å². The predicted octanol–water partition coefficient (Wildman–Crippen LogP) is 2.41. The molecule has 0 aromatic heterocycles. The Labute approximate surface area is 170 Å². The number of hydrogen-bond donors (Lipinski definition) is 3. The summed E-state index contributed by atoms with van der Waals surface area (Å²) in [5.41, 5.74) is 0.0117. The van der Waals surface area contributed by atoms with Crippen LogP contribution in [-0.4, -0.2) is 46.8 Å². The maximum absolute atomic E-state index is 12.6. The second-order valence-corrected chi connectivity index (χ2v) is 7.80. The van der Waals surface area contributed by atoms with Crippen LogP contribution in [0, 0.1) is 0 Å². The van der Waals surface area contributed by atoms with E-state index in [1.165, 1.54) is 0 Å². The molecule has 1 aromatic carbocycles. The van der Waals surface area contributed by atoms with Crippen molar-refractivity contribution in [3.05, 3.63) is 29.8 Å². The van der Waals surface area contributed by atoms with Crippen LogP contribution in [0.5, 0.6) is 0 Å². The van der Waals surface area contributed by atoms with Gasteiger partial charge in [-0.1, -0.05) is 31.9 Å². The summed E-state index contributed by atoms with van der Waals surface area (Å²) in [5.74, 6) is -0.851. The molecular weight excluding hydrogens is 372 g/mol. The molecule has 1 aromatic rings. The third-order valence-corrected chi connectivity index (χ3v) is 5.70. The van der Waals surface area contributed by atoms with E-state index in [9.17, 15) is 19.2 Å². The van der Waals surface area contributed by atoms with Crippen LogP contribution in [0.2, 0.25) is 0 Å². The molecule has 1 aliphatic carbocycles. The van der Waals surface area contributed by atoms with E-state index in [2.05, 4.69) is 16.0 Å². The smallest absolute Gasteiger partial charge is 0.325 e. The van der Waals surface area contributed by atoms with Crippen LogP contribution in [0.1, 0.15) is 62.7 Å². The van der Waals surface area contributed by atoms with Gasteiger partial charge >= 0.3 is 6.03 Å². The molecule has 1 heterocycles. The van der Waals surface area contributed by atoms with E-state index < -0.39 is 11.6 Å². The lowest BCUT2D eigenvalue weighted by Crippen LogP contribution is -2.44. The number of nitrogens with zero attached hydrogens (tertiary/aromatic N) is 1. The van der Waals surface area contributed by atoms with Crippen LogP contribution < -0.4 is 16.0 Å². The topological polar surface area (TPSA) is 108 Å². The van der Waals surface area contributed by atoms with Gasteiger partial charge in [0.15, 0.2) is 0 Å². The molecule has 8 nitrogen and oxygen atoms in total. The van der Waals surface area contributed by atoms with E-state index in [1.807, 2.05) is 13.8 Å². The molecule has 3 rings (SSSR count). The van der Waals surface area contributed by atoms with Crippen molar-refractivity contribution in [3.63, 3.8) is 0 Å². The Morgan fingerprint density at radius 1 is 1.21 bits per heavy atom. The number of urea groups is 1. The Balaban J connectivity index is 1.60. The molecule has 2 fully saturated rings. The van der Waals surface area contributed by atoms with Crippen molar-refractivity contribution >= 4 is 29.4 Å². The van der Waals surface area contributed by atoms with Crippen LogP contribution in [0.15, 0.2) is 24.3 Å². The fourth-order valence-electron chi connectivity index (χ4n) is 3.82. The second kappa shape index (κ2) is 8.63. The van der Waals surface area contributed by atoms with E-state index >= 15 is 0 Å². The number of anilines is 1. The summed E-state index contributed by atoms with van der Waals surface area (Å²) in [5, 5.41) is 8.41. The first-order chi connectivity index (χ1) is 13.9. The lowest BCUT2D eigenvalue weighted by atomic mass is 9.98. The predicted molar refractivity (Wildman–Crippen MR) is 108 cm³/mol. The molecule has 1 unspecified atom stereocenters. The maximum atomic E-state index is 12.6. The number of nitrogens with one attached hydrogen (secondary N) is 3. The molecular formula is C21H28N4O4. The minimum atomic E-state index is -0.770. The Bertz CT molecular complexity index is 817. The van der Waals surface area contributed by atoms with Crippen molar-refractivity contribution in [2.75, 3.05) is 11.9 Å². The third-order valence-electron chi connectivity index (χ3n) is 5.70. The minimum absolute atomic E-state index is 0.0134. The Morgan fingerprint density at radius 2 is 1.90 bits per heavy atom. The highest BCUT2D eigenvalue weighted by Gasteiger charge is 2.52. The van der Waals surface area contributed by atoms with Gasteiger partial charge in [-0.05, 0) is 38.3 Å². The number of carbonyl (C=O) groups is 4. The quantitative estimate of drug-likeness (QED) is 0.611. The summed E-state index contributed by atoms with van der Waals surface area (Å²) in [6, 6.07) is 6.36. The van der Waals surface area contributed by atoms with Gasteiger partial charge in [-0.25, -0.2) is 4.79 Å². The Kier molecular flexibility index (Phi) is 6.20. The van der Waals surface area contributed by atoms with Crippen molar-refractivity contribution in [2.45, 2.75) is 64.0 Å². The van der Waals surface area contributed by atoms with Crippen LogP contribution in [-0.2, 0) is 9.59 Å². The SMILES string of the molecule is CCC(C)NC(=O)c1ccccc1NC(=O)CCN1C(=O)NC2(CCCC2)C1=O. The van der Waals surface area contributed by atoms with Crippen molar-refractivity contribution < 1.29 is 19.2 Å². The van der Waals surface area contributed by atoms with Crippen LogP contribution in [0.25, 0.3) is 0 Å². The van der Waals surface area contributed by atoms with Crippen molar-refractivity contribution in [2.24, 2.45) is 0 Å². The standard InChI is InChI=1S/C21H28N4O4/c1-3-14(2)22-18(27)15-8-4-5-9-16(15)23-17(26)10-13-25-19(28)21(24-20(25)29)11-6-7-12-21/h4-5,8-9,14H,3,6-7,10-13H2,1-2H3,(H,22,27)(H,23,26)(H,24,29). The summed E-state index contributed by atoms with van der Waals surface area (Å²) < 4.78 is 0. The zero-order valence-corrected chi connectivity index (χ0v) is 16.9. The molecule has 2 aliphatic rings. The minimum Gasteiger partial charge on any atom is -0.350 e. The Hall–Kier alpha value is -2.90. The van der Waals surface area contributed by atoms with Gasteiger partial charge in [-0.2, -0.15) is 0 Å². The highest BCUT2D eigenvalue weighted by molar-refractivity contribution is 6.08. The van der Waals surface area contributed by atoms with Gasteiger partial charge in [0.1, 0.15) is 5.54 Å². The molecule has 1 saturated heterocycles. The fraction of sp³-hybridized carbons (Fsp3) is 0.524. The zero-order valence-electron chi connectivity index (χ0n) is 16.9. The second-order valence-electron chi connectivity index (χ2n) is 7.80. The molecule has 3 N–H and O–H groups in total. The van der Waals surface area contributed by atoms with E-state index in [0.29, 0.717) is 24.1 Å². The van der Waals surface area contributed by atoms with Gasteiger partial charge in [0, 0.05) is 19.0 Å². The van der Waals surface area contributed by atoms with Crippen molar-refractivity contribution in [1.29, 1.82) is 0 Å². The van der Waals surface area contributed by atoms with Crippen LogP contribution in [0.4, 0.5) is 10.5 Å². The summed E-state index contributed by atoms with van der Waals surface area (Å²) in [7, 11) is 0. The molecule has 1 atom stereocenters. The van der Waals surface area contributed by atoms with E-state index in [-0.39, 0.29) is 36.7 Å². The van der Waals surface area contributed by atoms with Gasteiger partial charge in [0.25, 0.3) is 11.8 Å². The third kappa shape index (κ3) is 4.41. The van der Waals surface area contributed by atoms with Crippen LogP contribution in [0.3, 0.4) is 0 Å². The van der Waals surface area contributed by atoms with Gasteiger partial charge in [0.05, 0.1) is 11.3 Å². The molecule has 0 bridgehead atoms. The molecule has 156 valence electrons. The lowest BCUT2D eigenvalue weighted by Gasteiger charge is -2.20. The van der Waals surface area contributed by atoms with Crippen LogP contribution >= 0.6 is 0 Å². The lowest BCUT2D eigenvalue weighted by molar-refractivity contribution is -0.131. The van der Waals surface area contributed by atoms with Crippen molar-refractivity contribution in [1.82, 2.24) is 15.5 Å². The zero-order chi connectivity index (χ0) is 21.0. The Morgan fingerprint density at radius 3 is 2.59 bits per heavy atom. The molecule has 8 heteroatoms.